The van der Waals surface area contributed by atoms with Gasteiger partial charge in [-0.15, -0.1) is 0 Å². The summed E-state index contributed by atoms with van der Waals surface area (Å²) < 4.78 is 5.43. The van der Waals surface area contributed by atoms with E-state index in [1.807, 2.05) is 36.5 Å². The van der Waals surface area contributed by atoms with Crippen LogP contribution in [0.5, 0.6) is 0 Å². The van der Waals surface area contributed by atoms with E-state index in [9.17, 15) is 0 Å². The molecule has 2 saturated heterocycles. The van der Waals surface area contributed by atoms with Crippen LogP contribution in [0.15, 0.2) is 36.5 Å². The lowest BCUT2D eigenvalue weighted by Gasteiger charge is -2.38. The van der Waals surface area contributed by atoms with E-state index in [1.165, 1.54) is 5.69 Å². The van der Waals surface area contributed by atoms with Crippen molar-refractivity contribution in [3.63, 3.8) is 0 Å². The first kappa shape index (κ1) is 18.5. The average molecular weight is 378 g/mol. The third-order valence-corrected chi connectivity index (χ3v) is 5.66. The van der Waals surface area contributed by atoms with E-state index in [-0.39, 0.29) is 0 Å². The molecule has 0 radical (unpaired) electrons. The summed E-state index contributed by atoms with van der Waals surface area (Å²) in [5.74, 6) is 1.77. The van der Waals surface area contributed by atoms with Crippen LogP contribution in [-0.4, -0.2) is 62.5 Å². The fourth-order valence-electron chi connectivity index (χ4n) is 3.90. The van der Waals surface area contributed by atoms with Gasteiger partial charge in [-0.05, 0) is 43.2 Å². The number of nitriles is 1. The van der Waals surface area contributed by atoms with Crippen molar-refractivity contribution in [2.24, 2.45) is 0 Å². The highest BCUT2D eigenvalue weighted by Crippen LogP contribution is 2.25. The Kier molecular flexibility index (Phi) is 5.58. The number of hydrogen-bond acceptors (Lipinski definition) is 7. The third-order valence-electron chi connectivity index (χ3n) is 5.66. The number of rotatable bonds is 4. The first-order chi connectivity index (χ1) is 13.7. The van der Waals surface area contributed by atoms with Crippen LogP contribution in [0, 0.1) is 11.3 Å². The molecule has 3 heterocycles. The Hall–Kier alpha value is -2.85. The summed E-state index contributed by atoms with van der Waals surface area (Å²) in [5.41, 5.74) is 1.90. The highest BCUT2D eigenvalue weighted by molar-refractivity contribution is 5.50. The predicted octanol–water partition coefficient (Wildman–Crippen LogP) is 2.29. The van der Waals surface area contributed by atoms with E-state index in [0.29, 0.717) is 11.6 Å². The van der Waals surface area contributed by atoms with Crippen LogP contribution >= 0.6 is 0 Å². The monoisotopic (exact) mass is 378 g/mol. The second-order valence-corrected chi connectivity index (χ2v) is 7.30. The summed E-state index contributed by atoms with van der Waals surface area (Å²) in [5, 5.41) is 8.96. The molecule has 0 N–H and O–H groups in total. The molecule has 2 aliphatic rings. The van der Waals surface area contributed by atoms with E-state index >= 15 is 0 Å². The molecule has 0 amide bonds. The van der Waals surface area contributed by atoms with Gasteiger partial charge in [0, 0.05) is 51.2 Å². The van der Waals surface area contributed by atoms with Gasteiger partial charge in [0.15, 0.2) is 0 Å². The maximum absolute atomic E-state index is 8.96. The standard InChI is InChI=1S/C21H26N6O/c1-25(20-6-9-23-21(24-20)27-12-14-28-15-13-27)18-7-10-26(11-8-18)19-4-2-17(16-22)3-5-19/h2-6,9,18H,7-8,10-15H2,1H3. The zero-order valence-electron chi connectivity index (χ0n) is 16.3. The molecule has 1 aromatic heterocycles. The van der Waals surface area contributed by atoms with Gasteiger partial charge in [0.05, 0.1) is 24.8 Å². The van der Waals surface area contributed by atoms with E-state index in [2.05, 4.69) is 32.8 Å². The normalized spacial score (nSPS) is 18.0. The van der Waals surface area contributed by atoms with Gasteiger partial charge >= 0.3 is 0 Å². The fraction of sp³-hybridized carbons (Fsp3) is 0.476. The molecule has 0 spiro atoms. The second-order valence-electron chi connectivity index (χ2n) is 7.30. The molecule has 0 bridgehead atoms. The summed E-state index contributed by atoms with van der Waals surface area (Å²) >= 11 is 0. The minimum atomic E-state index is 0.460. The fourth-order valence-corrected chi connectivity index (χ4v) is 3.90. The van der Waals surface area contributed by atoms with Gasteiger partial charge in [-0.25, -0.2) is 4.98 Å². The first-order valence-electron chi connectivity index (χ1n) is 9.88. The van der Waals surface area contributed by atoms with Crippen LogP contribution in [0.1, 0.15) is 18.4 Å². The van der Waals surface area contributed by atoms with Crippen molar-refractivity contribution in [3.05, 3.63) is 42.1 Å². The number of piperidine rings is 1. The lowest BCUT2D eigenvalue weighted by molar-refractivity contribution is 0.122. The van der Waals surface area contributed by atoms with Gasteiger partial charge in [-0.1, -0.05) is 0 Å². The highest BCUT2D eigenvalue weighted by Gasteiger charge is 2.24. The number of anilines is 3. The topological polar surface area (TPSA) is 68.5 Å². The molecule has 7 nitrogen and oxygen atoms in total. The van der Waals surface area contributed by atoms with Gasteiger partial charge in [0.2, 0.25) is 5.95 Å². The lowest BCUT2D eigenvalue weighted by atomic mass is 10.0. The largest absolute Gasteiger partial charge is 0.378 e. The van der Waals surface area contributed by atoms with Crippen LogP contribution in [0.3, 0.4) is 0 Å². The molecule has 0 aliphatic carbocycles. The summed E-state index contributed by atoms with van der Waals surface area (Å²) in [6, 6.07) is 12.5. The van der Waals surface area contributed by atoms with Crippen molar-refractivity contribution in [1.29, 1.82) is 5.26 Å². The molecule has 7 heteroatoms. The number of aromatic nitrogens is 2. The minimum Gasteiger partial charge on any atom is -0.378 e. The number of nitrogens with zero attached hydrogens (tertiary/aromatic N) is 6. The Morgan fingerprint density at radius 1 is 1.04 bits per heavy atom. The molecule has 2 aliphatic heterocycles. The Bertz CT molecular complexity index is 820. The summed E-state index contributed by atoms with van der Waals surface area (Å²) in [7, 11) is 2.13. The number of morpholine rings is 1. The van der Waals surface area contributed by atoms with Crippen molar-refractivity contribution >= 4 is 17.5 Å². The van der Waals surface area contributed by atoms with Crippen molar-refractivity contribution in [2.75, 3.05) is 61.1 Å². The maximum atomic E-state index is 8.96. The molecule has 0 saturated carbocycles. The van der Waals surface area contributed by atoms with Gasteiger partial charge < -0.3 is 19.4 Å². The molecule has 2 fully saturated rings. The molecule has 146 valence electrons. The predicted molar refractivity (Wildman–Crippen MR) is 110 cm³/mol. The quantitative estimate of drug-likeness (QED) is 0.808. The van der Waals surface area contributed by atoms with E-state index in [0.717, 1.165) is 64.0 Å². The van der Waals surface area contributed by atoms with Gasteiger partial charge in [0.25, 0.3) is 0 Å². The summed E-state index contributed by atoms with van der Waals surface area (Å²) in [6.45, 7) is 5.16. The van der Waals surface area contributed by atoms with E-state index in [4.69, 9.17) is 15.0 Å². The molecular formula is C21H26N6O. The smallest absolute Gasteiger partial charge is 0.227 e. The number of ether oxygens (including phenoxy) is 1. The van der Waals surface area contributed by atoms with Crippen molar-refractivity contribution in [1.82, 2.24) is 9.97 Å². The third kappa shape index (κ3) is 4.02. The minimum absolute atomic E-state index is 0.460. The summed E-state index contributed by atoms with van der Waals surface area (Å²) in [4.78, 5) is 16.1. The molecule has 4 rings (SSSR count). The first-order valence-corrected chi connectivity index (χ1v) is 9.88. The van der Waals surface area contributed by atoms with E-state index in [1.54, 1.807) is 0 Å². The summed E-state index contributed by atoms with van der Waals surface area (Å²) in [6.07, 6.45) is 4.01. The Balaban J connectivity index is 1.38. The SMILES string of the molecule is CN(c1ccnc(N2CCOCC2)n1)C1CCN(c2ccc(C#N)cc2)CC1. The van der Waals surface area contributed by atoms with Crippen LogP contribution in [0.25, 0.3) is 0 Å². The van der Waals surface area contributed by atoms with Gasteiger partial charge in [-0.2, -0.15) is 10.2 Å². The van der Waals surface area contributed by atoms with Crippen LogP contribution in [0.4, 0.5) is 17.5 Å². The average Bonchev–Trinajstić information content (AvgIpc) is 2.79. The molecule has 2 aromatic rings. The van der Waals surface area contributed by atoms with Crippen LogP contribution < -0.4 is 14.7 Å². The Morgan fingerprint density at radius 3 is 2.43 bits per heavy atom. The zero-order valence-corrected chi connectivity index (χ0v) is 16.3. The second kappa shape index (κ2) is 8.44. The molecule has 1 aromatic carbocycles. The van der Waals surface area contributed by atoms with Crippen molar-refractivity contribution in [2.45, 2.75) is 18.9 Å². The molecule has 0 atom stereocenters. The Morgan fingerprint density at radius 2 is 1.75 bits per heavy atom. The lowest BCUT2D eigenvalue weighted by Crippen LogP contribution is -2.44. The molecular weight excluding hydrogens is 352 g/mol. The zero-order chi connectivity index (χ0) is 19.3. The van der Waals surface area contributed by atoms with E-state index < -0.39 is 0 Å². The van der Waals surface area contributed by atoms with Crippen molar-refractivity contribution < 1.29 is 4.74 Å². The van der Waals surface area contributed by atoms with Crippen LogP contribution in [0.2, 0.25) is 0 Å². The number of benzene rings is 1. The molecule has 0 unspecified atom stereocenters. The highest BCUT2D eigenvalue weighted by atomic mass is 16.5. The molecule has 28 heavy (non-hydrogen) atoms. The van der Waals surface area contributed by atoms with Gasteiger partial charge in [-0.3, -0.25) is 0 Å². The maximum Gasteiger partial charge on any atom is 0.227 e. The van der Waals surface area contributed by atoms with Crippen molar-refractivity contribution in [3.8, 4) is 6.07 Å². The Labute approximate surface area is 166 Å². The van der Waals surface area contributed by atoms with Gasteiger partial charge in [0.1, 0.15) is 5.82 Å². The van der Waals surface area contributed by atoms with Crippen LogP contribution in [-0.2, 0) is 4.74 Å². The number of hydrogen-bond donors (Lipinski definition) is 0.